The Morgan fingerprint density at radius 2 is 2.29 bits per heavy atom. The molecule has 5 heteroatoms. The number of rotatable bonds is 3. The zero-order valence-electron chi connectivity index (χ0n) is 9.93. The number of benzene rings is 1. The molecule has 0 radical (unpaired) electrons. The van der Waals surface area contributed by atoms with Crippen molar-refractivity contribution in [3.8, 4) is 5.75 Å². The molecule has 0 fully saturated rings. The van der Waals surface area contributed by atoms with Gasteiger partial charge in [-0.1, -0.05) is 6.07 Å². The van der Waals surface area contributed by atoms with Crippen LogP contribution in [0.5, 0.6) is 5.75 Å². The first-order chi connectivity index (χ1) is 8.10. The van der Waals surface area contributed by atoms with Crippen molar-refractivity contribution in [2.45, 2.75) is 19.6 Å². The van der Waals surface area contributed by atoms with E-state index in [0.717, 1.165) is 5.56 Å². The van der Waals surface area contributed by atoms with Crippen LogP contribution in [0.4, 0.5) is 5.69 Å². The molecule has 1 unspecified atom stereocenters. The largest absolute Gasteiger partial charge is 0.479 e. The van der Waals surface area contributed by atoms with E-state index in [1.54, 1.807) is 11.8 Å². The molecule has 1 atom stereocenters. The molecule has 5 nitrogen and oxygen atoms in total. The number of hydrogen-bond acceptors (Lipinski definition) is 4. The smallest absolute Gasteiger partial charge is 0.265 e. The highest BCUT2D eigenvalue weighted by atomic mass is 16.5. The highest BCUT2D eigenvalue weighted by molar-refractivity contribution is 5.97. The number of carbonyl (C=O) groups excluding carboxylic acids is 1. The minimum absolute atomic E-state index is 0.00300. The minimum atomic E-state index is -0.450. The SMILES string of the molecule is CC1Oc2ccc(CN(C)CO)cc2NC1=O. The van der Waals surface area contributed by atoms with Gasteiger partial charge in [-0.3, -0.25) is 9.69 Å². The summed E-state index contributed by atoms with van der Waals surface area (Å²) in [5.41, 5.74) is 1.70. The van der Waals surface area contributed by atoms with E-state index in [-0.39, 0.29) is 12.6 Å². The molecule has 17 heavy (non-hydrogen) atoms. The van der Waals surface area contributed by atoms with Crippen molar-refractivity contribution < 1.29 is 14.6 Å². The first-order valence-electron chi connectivity index (χ1n) is 5.50. The van der Waals surface area contributed by atoms with Crippen molar-refractivity contribution in [3.63, 3.8) is 0 Å². The van der Waals surface area contributed by atoms with E-state index >= 15 is 0 Å². The van der Waals surface area contributed by atoms with E-state index in [4.69, 9.17) is 9.84 Å². The standard InChI is InChI=1S/C12H16N2O3/c1-8-12(16)13-10-5-9(6-14(2)7-15)3-4-11(10)17-8/h3-5,8,15H,6-7H2,1-2H3,(H,13,16). The number of nitrogens with one attached hydrogen (secondary N) is 1. The zero-order valence-corrected chi connectivity index (χ0v) is 9.93. The molecule has 0 aromatic heterocycles. The molecule has 2 rings (SSSR count). The second kappa shape index (κ2) is 4.73. The van der Waals surface area contributed by atoms with E-state index in [0.29, 0.717) is 18.0 Å². The van der Waals surface area contributed by atoms with E-state index in [1.807, 2.05) is 25.2 Å². The first kappa shape index (κ1) is 11.9. The molecule has 92 valence electrons. The summed E-state index contributed by atoms with van der Waals surface area (Å²) in [6.45, 7) is 2.33. The summed E-state index contributed by atoms with van der Waals surface area (Å²) < 4.78 is 5.46. The number of amides is 1. The number of carbonyl (C=O) groups is 1. The van der Waals surface area contributed by atoms with E-state index in [9.17, 15) is 4.79 Å². The molecular formula is C12H16N2O3. The summed E-state index contributed by atoms with van der Waals surface area (Å²) in [4.78, 5) is 13.2. The van der Waals surface area contributed by atoms with Crippen molar-refractivity contribution in [2.75, 3.05) is 19.1 Å². The molecule has 0 bridgehead atoms. The summed E-state index contributed by atoms with van der Waals surface area (Å²) in [6, 6.07) is 5.63. The minimum Gasteiger partial charge on any atom is -0.479 e. The number of aliphatic hydroxyl groups is 1. The van der Waals surface area contributed by atoms with Gasteiger partial charge in [0.05, 0.1) is 12.4 Å². The van der Waals surface area contributed by atoms with Crippen molar-refractivity contribution >= 4 is 11.6 Å². The number of aliphatic hydroxyl groups excluding tert-OH is 1. The van der Waals surface area contributed by atoms with E-state index in [1.165, 1.54) is 0 Å². The fraction of sp³-hybridized carbons (Fsp3) is 0.417. The maximum atomic E-state index is 11.5. The molecular weight excluding hydrogens is 220 g/mol. The Labute approximate surface area is 100.0 Å². The van der Waals surface area contributed by atoms with Crippen LogP contribution in [0.3, 0.4) is 0 Å². The summed E-state index contributed by atoms with van der Waals surface area (Å²) in [6.07, 6.45) is -0.450. The topological polar surface area (TPSA) is 61.8 Å². The van der Waals surface area contributed by atoms with Crippen LogP contribution in [0.25, 0.3) is 0 Å². The average Bonchev–Trinajstić information content (AvgIpc) is 2.31. The molecule has 2 N–H and O–H groups in total. The lowest BCUT2D eigenvalue weighted by Gasteiger charge is -2.24. The second-order valence-corrected chi connectivity index (χ2v) is 4.24. The van der Waals surface area contributed by atoms with Gasteiger partial charge in [0.15, 0.2) is 6.10 Å². The number of fused-ring (bicyclic) bond motifs is 1. The Bertz CT molecular complexity index is 434. The van der Waals surface area contributed by atoms with Crippen LogP contribution in [0.1, 0.15) is 12.5 Å². The molecule has 1 aromatic carbocycles. The highest BCUT2D eigenvalue weighted by Gasteiger charge is 2.23. The predicted molar refractivity (Wildman–Crippen MR) is 63.7 cm³/mol. The Morgan fingerprint density at radius 1 is 1.53 bits per heavy atom. The van der Waals surface area contributed by atoms with E-state index < -0.39 is 6.10 Å². The summed E-state index contributed by atoms with van der Waals surface area (Å²) in [5, 5.41) is 11.7. The summed E-state index contributed by atoms with van der Waals surface area (Å²) >= 11 is 0. The van der Waals surface area contributed by atoms with Crippen LogP contribution in [-0.2, 0) is 11.3 Å². The molecule has 1 aromatic rings. The van der Waals surface area contributed by atoms with Gasteiger partial charge in [-0.2, -0.15) is 0 Å². The maximum Gasteiger partial charge on any atom is 0.265 e. The van der Waals surface area contributed by atoms with Gasteiger partial charge >= 0.3 is 0 Å². The van der Waals surface area contributed by atoms with Gasteiger partial charge in [0.1, 0.15) is 5.75 Å². The average molecular weight is 236 g/mol. The number of ether oxygens (including phenoxy) is 1. The number of anilines is 1. The van der Waals surface area contributed by atoms with Crippen molar-refractivity contribution in [1.29, 1.82) is 0 Å². The zero-order chi connectivity index (χ0) is 12.4. The van der Waals surface area contributed by atoms with Gasteiger partial charge in [-0.25, -0.2) is 0 Å². The molecule has 0 aliphatic carbocycles. The lowest BCUT2D eigenvalue weighted by Crippen LogP contribution is -2.34. The predicted octanol–water partition coefficient (Wildman–Crippen LogP) is 0.788. The molecule has 0 saturated carbocycles. The molecule has 0 saturated heterocycles. The van der Waals surface area contributed by atoms with Gasteiger partial charge in [-0.05, 0) is 31.7 Å². The summed E-state index contributed by atoms with van der Waals surface area (Å²) in [5.74, 6) is 0.553. The third-order valence-corrected chi connectivity index (χ3v) is 2.67. The Morgan fingerprint density at radius 3 is 3.00 bits per heavy atom. The fourth-order valence-corrected chi connectivity index (χ4v) is 1.72. The molecule has 1 aliphatic heterocycles. The number of hydrogen-bond donors (Lipinski definition) is 2. The highest BCUT2D eigenvalue weighted by Crippen LogP contribution is 2.30. The van der Waals surface area contributed by atoms with Crippen molar-refractivity contribution in [1.82, 2.24) is 4.90 Å². The molecule has 0 spiro atoms. The van der Waals surface area contributed by atoms with Crippen LogP contribution in [-0.4, -0.2) is 35.8 Å². The lowest BCUT2D eigenvalue weighted by molar-refractivity contribution is -0.122. The normalized spacial score (nSPS) is 18.6. The third-order valence-electron chi connectivity index (χ3n) is 2.67. The van der Waals surface area contributed by atoms with Crippen LogP contribution < -0.4 is 10.1 Å². The van der Waals surface area contributed by atoms with Gasteiger partial charge < -0.3 is 15.2 Å². The van der Waals surface area contributed by atoms with Gasteiger partial charge in [0, 0.05) is 6.54 Å². The lowest BCUT2D eigenvalue weighted by atomic mass is 10.1. The van der Waals surface area contributed by atoms with Crippen LogP contribution >= 0.6 is 0 Å². The molecule has 1 heterocycles. The Balaban J connectivity index is 2.19. The van der Waals surface area contributed by atoms with Crippen LogP contribution in [0, 0.1) is 0 Å². The fourth-order valence-electron chi connectivity index (χ4n) is 1.72. The summed E-state index contributed by atoms with van der Waals surface area (Å²) in [7, 11) is 1.82. The Kier molecular flexibility index (Phi) is 3.31. The second-order valence-electron chi connectivity index (χ2n) is 4.24. The van der Waals surface area contributed by atoms with E-state index in [2.05, 4.69) is 5.32 Å². The number of nitrogens with zero attached hydrogens (tertiary/aromatic N) is 1. The molecule has 1 aliphatic rings. The van der Waals surface area contributed by atoms with Crippen molar-refractivity contribution in [2.24, 2.45) is 0 Å². The Hall–Kier alpha value is -1.59. The van der Waals surface area contributed by atoms with Crippen LogP contribution in [0.15, 0.2) is 18.2 Å². The van der Waals surface area contributed by atoms with Gasteiger partial charge in [0.25, 0.3) is 5.91 Å². The maximum absolute atomic E-state index is 11.5. The first-order valence-corrected chi connectivity index (χ1v) is 5.50. The molecule has 1 amide bonds. The van der Waals surface area contributed by atoms with Gasteiger partial charge in [0.2, 0.25) is 0 Å². The monoisotopic (exact) mass is 236 g/mol. The van der Waals surface area contributed by atoms with Crippen molar-refractivity contribution in [3.05, 3.63) is 23.8 Å². The quantitative estimate of drug-likeness (QED) is 0.762. The third kappa shape index (κ3) is 2.57. The van der Waals surface area contributed by atoms with Gasteiger partial charge in [-0.15, -0.1) is 0 Å². The van der Waals surface area contributed by atoms with Crippen LogP contribution in [0.2, 0.25) is 0 Å².